The van der Waals surface area contributed by atoms with Crippen LogP contribution in [-0.4, -0.2) is 53.9 Å². The van der Waals surface area contributed by atoms with Crippen LogP contribution >= 0.6 is 24.0 Å². The van der Waals surface area contributed by atoms with Crippen molar-refractivity contribution in [1.29, 1.82) is 0 Å². The molecule has 1 heterocycles. The molecule has 0 aliphatic carbocycles. The first kappa shape index (κ1) is 27.2. The summed E-state index contributed by atoms with van der Waals surface area (Å²) in [6.45, 7) is 10.5. The van der Waals surface area contributed by atoms with Crippen LogP contribution in [0, 0.1) is 6.92 Å². The van der Waals surface area contributed by atoms with E-state index in [-0.39, 0.29) is 36.1 Å². The summed E-state index contributed by atoms with van der Waals surface area (Å²) in [5, 5.41) is 11.1. The van der Waals surface area contributed by atoms with E-state index in [4.69, 9.17) is 9.73 Å². The van der Waals surface area contributed by atoms with Crippen LogP contribution < -0.4 is 15.4 Å². The molecule has 0 aliphatic heterocycles. The van der Waals surface area contributed by atoms with Gasteiger partial charge in [0.2, 0.25) is 0 Å². The van der Waals surface area contributed by atoms with Gasteiger partial charge in [0, 0.05) is 37.5 Å². The first-order valence-corrected chi connectivity index (χ1v) is 10.8. The zero-order valence-corrected chi connectivity index (χ0v) is 22.3. The van der Waals surface area contributed by atoms with Crippen LogP contribution in [0.4, 0.5) is 0 Å². The summed E-state index contributed by atoms with van der Waals surface area (Å²) >= 11 is 0. The molecule has 31 heavy (non-hydrogen) atoms. The van der Waals surface area contributed by atoms with Gasteiger partial charge in [-0.3, -0.25) is 4.68 Å². The molecule has 1 aromatic carbocycles. The smallest absolute Gasteiger partial charge is 0.191 e. The number of guanidine groups is 1. The number of nitrogens with zero attached hydrogens (tertiary/aromatic N) is 4. The Morgan fingerprint density at radius 3 is 2.58 bits per heavy atom. The highest BCUT2D eigenvalue weighted by Crippen LogP contribution is 2.23. The Balaban J connectivity index is 0.00000480. The van der Waals surface area contributed by atoms with E-state index in [1.54, 1.807) is 0 Å². The lowest BCUT2D eigenvalue weighted by atomic mass is 10.1. The van der Waals surface area contributed by atoms with Crippen molar-refractivity contribution in [1.82, 2.24) is 25.3 Å². The molecule has 2 unspecified atom stereocenters. The minimum atomic E-state index is 0. The van der Waals surface area contributed by atoms with Gasteiger partial charge in [-0.2, -0.15) is 5.10 Å². The fourth-order valence-electron chi connectivity index (χ4n) is 3.11. The Labute approximate surface area is 204 Å². The molecular formula is C23H39IN6O. The van der Waals surface area contributed by atoms with Gasteiger partial charge in [-0.25, -0.2) is 4.99 Å². The molecule has 0 saturated carbocycles. The van der Waals surface area contributed by atoms with Crippen LogP contribution in [0.3, 0.4) is 0 Å². The lowest BCUT2D eigenvalue weighted by molar-refractivity contribution is 0.215. The highest BCUT2D eigenvalue weighted by atomic mass is 127. The van der Waals surface area contributed by atoms with Crippen LogP contribution in [0.1, 0.15) is 49.9 Å². The average Bonchev–Trinajstić information content (AvgIpc) is 3.12. The molecule has 0 bridgehead atoms. The van der Waals surface area contributed by atoms with E-state index in [1.807, 2.05) is 17.9 Å². The maximum absolute atomic E-state index is 6.13. The molecule has 174 valence electrons. The van der Waals surface area contributed by atoms with Gasteiger partial charge in [-0.05, 0) is 52.9 Å². The number of hydrogen-bond donors (Lipinski definition) is 2. The van der Waals surface area contributed by atoms with E-state index in [0.29, 0.717) is 6.54 Å². The molecule has 0 spiro atoms. The van der Waals surface area contributed by atoms with Crippen molar-refractivity contribution >= 4 is 29.9 Å². The van der Waals surface area contributed by atoms with Crippen molar-refractivity contribution < 1.29 is 4.74 Å². The largest absolute Gasteiger partial charge is 0.490 e. The van der Waals surface area contributed by atoms with Crippen molar-refractivity contribution in [2.45, 2.75) is 52.8 Å². The molecule has 2 rings (SSSR count). The summed E-state index contributed by atoms with van der Waals surface area (Å²) < 4.78 is 7.97. The van der Waals surface area contributed by atoms with Gasteiger partial charge in [0.1, 0.15) is 5.75 Å². The van der Waals surface area contributed by atoms with Gasteiger partial charge in [0.15, 0.2) is 5.96 Å². The van der Waals surface area contributed by atoms with Gasteiger partial charge in [0.05, 0.1) is 24.9 Å². The number of aromatic nitrogens is 2. The highest BCUT2D eigenvalue weighted by molar-refractivity contribution is 14.0. The zero-order chi connectivity index (χ0) is 22.1. The SMILES string of the molecule is CCNC(=NCc1ccc(C)cc1OC(C)CC)NCC(c1cnn(C)c1)N(C)C.I. The number of aryl methyl sites for hydroxylation is 2. The van der Waals surface area contributed by atoms with E-state index in [0.717, 1.165) is 36.8 Å². The molecule has 0 amide bonds. The number of aliphatic imine (C=N–C) groups is 1. The molecule has 1 aromatic heterocycles. The second-order valence-corrected chi connectivity index (χ2v) is 7.95. The standard InChI is InChI=1S/C23H38N6O.HI/c1-8-18(4)30-22-12-17(3)10-11-19(22)13-25-23(24-9-2)26-15-21(28(5)6)20-14-27-29(7)16-20;/h10-12,14,16,18,21H,8-9,13,15H2,1-7H3,(H2,24,25,26);1H. The predicted octanol–water partition coefficient (Wildman–Crippen LogP) is 3.88. The zero-order valence-electron chi connectivity index (χ0n) is 20.0. The van der Waals surface area contributed by atoms with Crippen molar-refractivity contribution in [2.24, 2.45) is 12.0 Å². The van der Waals surface area contributed by atoms with Crippen LogP contribution in [0.15, 0.2) is 35.6 Å². The Bertz CT molecular complexity index is 820. The number of benzene rings is 1. The minimum absolute atomic E-state index is 0. The summed E-state index contributed by atoms with van der Waals surface area (Å²) in [5.74, 6) is 1.72. The van der Waals surface area contributed by atoms with Gasteiger partial charge < -0.3 is 20.3 Å². The third-order valence-corrected chi connectivity index (χ3v) is 5.07. The number of likely N-dealkylation sites (N-methyl/N-ethyl adjacent to an activating group) is 1. The minimum Gasteiger partial charge on any atom is -0.490 e. The van der Waals surface area contributed by atoms with E-state index < -0.39 is 0 Å². The topological polar surface area (TPSA) is 66.7 Å². The first-order valence-electron chi connectivity index (χ1n) is 10.8. The summed E-state index contributed by atoms with van der Waals surface area (Å²) in [7, 11) is 6.10. The van der Waals surface area contributed by atoms with Gasteiger partial charge in [-0.15, -0.1) is 24.0 Å². The summed E-state index contributed by atoms with van der Waals surface area (Å²) in [6.07, 6.45) is 5.13. The molecule has 0 saturated heterocycles. The van der Waals surface area contributed by atoms with E-state index in [9.17, 15) is 0 Å². The number of halogens is 1. The first-order chi connectivity index (χ1) is 14.3. The van der Waals surface area contributed by atoms with Gasteiger partial charge >= 0.3 is 0 Å². The second-order valence-electron chi connectivity index (χ2n) is 7.95. The van der Waals surface area contributed by atoms with E-state index >= 15 is 0 Å². The Morgan fingerprint density at radius 2 is 2.00 bits per heavy atom. The third kappa shape index (κ3) is 8.68. The van der Waals surface area contributed by atoms with Crippen LogP contribution in [0.2, 0.25) is 0 Å². The number of nitrogens with one attached hydrogen (secondary N) is 2. The summed E-state index contributed by atoms with van der Waals surface area (Å²) in [6, 6.07) is 6.52. The number of rotatable bonds is 10. The number of hydrogen-bond acceptors (Lipinski definition) is 4. The fourth-order valence-corrected chi connectivity index (χ4v) is 3.11. The molecule has 2 N–H and O–H groups in total. The summed E-state index contributed by atoms with van der Waals surface area (Å²) in [5.41, 5.74) is 3.46. The van der Waals surface area contributed by atoms with Crippen molar-refractivity contribution in [3.05, 3.63) is 47.3 Å². The van der Waals surface area contributed by atoms with Crippen molar-refractivity contribution in [2.75, 3.05) is 27.2 Å². The number of ether oxygens (including phenoxy) is 1. The van der Waals surface area contributed by atoms with Crippen LogP contribution in [0.5, 0.6) is 5.75 Å². The monoisotopic (exact) mass is 542 g/mol. The highest BCUT2D eigenvalue weighted by Gasteiger charge is 2.16. The normalized spacial score (nSPS) is 13.5. The predicted molar refractivity (Wildman–Crippen MR) is 139 cm³/mol. The second kappa shape index (κ2) is 13.6. The Morgan fingerprint density at radius 1 is 1.26 bits per heavy atom. The van der Waals surface area contributed by atoms with Crippen molar-refractivity contribution in [3.8, 4) is 5.75 Å². The third-order valence-electron chi connectivity index (χ3n) is 5.07. The lowest BCUT2D eigenvalue weighted by Crippen LogP contribution is -2.41. The average molecular weight is 543 g/mol. The molecule has 2 atom stereocenters. The van der Waals surface area contributed by atoms with Gasteiger partial charge in [-0.1, -0.05) is 19.1 Å². The maximum Gasteiger partial charge on any atom is 0.191 e. The van der Waals surface area contributed by atoms with Crippen LogP contribution in [0.25, 0.3) is 0 Å². The van der Waals surface area contributed by atoms with Gasteiger partial charge in [0.25, 0.3) is 0 Å². The van der Waals surface area contributed by atoms with E-state index in [1.165, 1.54) is 11.1 Å². The molecule has 0 aliphatic rings. The van der Waals surface area contributed by atoms with E-state index in [2.05, 4.69) is 86.8 Å². The molecular weight excluding hydrogens is 503 g/mol. The molecule has 8 heteroatoms. The molecule has 7 nitrogen and oxygen atoms in total. The van der Waals surface area contributed by atoms with Crippen LogP contribution in [-0.2, 0) is 13.6 Å². The molecule has 0 radical (unpaired) electrons. The Hall–Kier alpha value is -1.81. The Kier molecular flexibility index (Phi) is 11.9. The lowest BCUT2D eigenvalue weighted by Gasteiger charge is -2.24. The van der Waals surface area contributed by atoms with Crippen molar-refractivity contribution in [3.63, 3.8) is 0 Å². The summed E-state index contributed by atoms with van der Waals surface area (Å²) in [4.78, 5) is 7.00. The quantitative estimate of drug-likeness (QED) is 0.271. The maximum atomic E-state index is 6.13. The molecule has 2 aromatic rings. The molecule has 0 fully saturated rings. The fraction of sp³-hybridized carbons (Fsp3) is 0.565.